The fourth-order valence-corrected chi connectivity index (χ4v) is 3.40. The summed E-state index contributed by atoms with van der Waals surface area (Å²) in [5.41, 5.74) is 5.33. The van der Waals surface area contributed by atoms with Crippen molar-refractivity contribution in [1.29, 1.82) is 0 Å². The van der Waals surface area contributed by atoms with Crippen LogP contribution in [0.3, 0.4) is 0 Å². The van der Waals surface area contributed by atoms with Gasteiger partial charge in [0.25, 0.3) is 0 Å². The standard InChI is InChI=1S/C11H14N2O5S/c12-6-1-2-9(11(15)16)10(3-6)19(17,18)13-7-4-8(14)5-7/h1-3,7-8,13-14H,4-5,12H2,(H,15,16). The van der Waals surface area contributed by atoms with Crippen LogP contribution in [0.1, 0.15) is 23.2 Å². The van der Waals surface area contributed by atoms with Crippen molar-refractivity contribution in [3.05, 3.63) is 23.8 Å². The highest BCUT2D eigenvalue weighted by Gasteiger charge is 2.32. The van der Waals surface area contributed by atoms with E-state index in [1.165, 1.54) is 6.07 Å². The van der Waals surface area contributed by atoms with Crippen molar-refractivity contribution in [3.8, 4) is 0 Å². The second kappa shape index (κ2) is 4.80. The van der Waals surface area contributed by atoms with E-state index in [9.17, 15) is 13.2 Å². The zero-order valence-corrected chi connectivity index (χ0v) is 10.7. The first kappa shape index (κ1) is 13.8. The van der Waals surface area contributed by atoms with Crippen molar-refractivity contribution in [2.75, 3.05) is 5.73 Å². The molecule has 8 heteroatoms. The molecule has 0 unspecified atom stereocenters. The molecule has 7 nitrogen and oxygen atoms in total. The van der Waals surface area contributed by atoms with Crippen LogP contribution < -0.4 is 10.5 Å². The summed E-state index contributed by atoms with van der Waals surface area (Å²) < 4.78 is 26.6. The number of nitrogens with one attached hydrogen (secondary N) is 1. The number of nitrogens with two attached hydrogens (primary N) is 1. The number of carbonyl (C=O) groups is 1. The molecule has 0 aliphatic heterocycles. The summed E-state index contributed by atoms with van der Waals surface area (Å²) in [4.78, 5) is 10.7. The highest BCUT2D eigenvalue weighted by atomic mass is 32.2. The van der Waals surface area contributed by atoms with E-state index in [1.54, 1.807) is 0 Å². The number of nitrogen functional groups attached to an aromatic ring is 1. The zero-order valence-electron chi connectivity index (χ0n) is 9.91. The Labute approximate surface area is 110 Å². The number of sulfonamides is 1. The van der Waals surface area contributed by atoms with Gasteiger partial charge in [0.1, 0.15) is 0 Å². The van der Waals surface area contributed by atoms with Crippen molar-refractivity contribution in [3.63, 3.8) is 0 Å². The molecule has 0 amide bonds. The topological polar surface area (TPSA) is 130 Å². The molecule has 2 rings (SSSR count). The SMILES string of the molecule is Nc1ccc(C(=O)O)c(S(=O)(=O)NC2CC(O)C2)c1. The van der Waals surface area contributed by atoms with Crippen LogP contribution in [0.4, 0.5) is 5.69 Å². The average molecular weight is 286 g/mol. The number of carboxylic acid groups (broad SMARTS) is 1. The summed E-state index contributed by atoms with van der Waals surface area (Å²) in [6.45, 7) is 0. The summed E-state index contributed by atoms with van der Waals surface area (Å²) >= 11 is 0. The minimum atomic E-state index is -3.96. The van der Waals surface area contributed by atoms with Crippen molar-refractivity contribution in [2.45, 2.75) is 29.9 Å². The molecule has 1 aliphatic carbocycles. The molecule has 1 aromatic carbocycles. The third-order valence-electron chi connectivity index (χ3n) is 2.96. The van der Waals surface area contributed by atoms with Gasteiger partial charge in [-0.25, -0.2) is 17.9 Å². The third kappa shape index (κ3) is 2.86. The van der Waals surface area contributed by atoms with Gasteiger partial charge in [0.15, 0.2) is 0 Å². The fraction of sp³-hybridized carbons (Fsp3) is 0.364. The molecule has 0 saturated heterocycles. The van der Waals surface area contributed by atoms with Gasteiger partial charge in [0, 0.05) is 11.7 Å². The lowest BCUT2D eigenvalue weighted by atomic mass is 9.91. The van der Waals surface area contributed by atoms with Gasteiger partial charge >= 0.3 is 5.97 Å². The average Bonchev–Trinajstić information content (AvgIpc) is 2.26. The molecular weight excluding hydrogens is 272 g/mol. The highest BCUT2D eigenvalue weighted by molar-refractivity contribution is 7.89. The molecule has 104 valence electrons. The molecule has 1 aliphatic rings. The quantitative estimate of drug-likeness (QED) is 0.566. The maximum Gasteiger partial charge on any atom is 0.337 e. The Morgan fingerprint density at radius 1 is 1.37 bits per heavy atom. The maximum absolute atomic E-state index is 12.1. The Morgan fingerprint density at radius 2 is 2.00 bits per heavy atom. The van der Waals surface area contributed by atoms with E-state index in [4.69, 9.17) is 15.9 Å². The molecule has 0 radical (unpaired) electrons. The number of aromatic carboxylic acids is 1. The predicted octanol–water partition coefficient (Wildman–Crippen LogP) is -0.231. The van der Waals surface area contributed by atoms with Gasteiger partial charge in [-0.2, -0.15) is 0 Å². The summed E-state index contributed by atoms with van der Waals surface area (Å²) in [7, 11) is -3.96. The fourth-order valence-electron chi connectivity index (χ4n) is 1.90. The van der Waals surface area contributed by atoms with E-state index in [0.29, 0.717) is 12.8 Å². The van der Waals surface area contributed by atoms with Crippen LogP contribution in [0.5, 0.6) is 0 Å². The molecule has 0 spiro atoms. The highest BCUT2D eigenvalue weighted by Crippen LogP contribution is 2.24. The van der Waals surface area contributed by atoms with Gasteiger partial charge in [-0.05, 0) is 31.0 Å². The summed E-state index contributed by atoms with van der Waals surface area (Å²) in [6.07, 6.45) is 0.140. The number of aliphatic hydroxyl groups is 1. The van der Waals surface area contributed by atoms with E-state index in [2.05, 4.69) is 4.72 Å². The summed E-state index contributed by atoms with van der Waals surface area (Å²) in [5, 5.41) is 18.1. The Kier molecular flexibility index (Phi) is 3.48. The lowest BCUT2D eigenvalue weighted by Crippen LogP contribution is -2.46. The lowest BCUT2D eigenvalue weighted by molar-refractivity contribution is 0.0685. The monoisotopic (exact) mass is 286 g/mol. The molecule has 1 fully saturated rings. The zero-order chi connectivity index (χ0) is 14.2. The maximum atomic E-state index is 12.1. The first-order valence-corrected chi connectivity index (χ1v) is 7.11. The van der Waals surface area contributed by atoms with Crippen molar-refractivity contribution in [1.82, 2.24) is 4.72 Å². The van der Waals surface area contributed by atoms with Crippen molar-refractivity contribution < 1.29 is 23.4 Å². The van der Waals surface area contributed by atoms with E-state index < -0.39 is 22.1 Å². The van der Waals surface area contributed by atoms with Gasteiger partial charge in [0.05, 0.1) is 16.6 Å². The van der Waals surface area contributed by atoms with Crippen LogP contribution in [0, 0.1) is 0 Å². The Bertz CT molecular complexity index is 608. The van der Waals surface area contributed by atoms with Gasteiger partial charge < -0.3 is 15.9 Å². The van der Waals surface area contributed by atoms with Crippen LogP contribution in [-0.2, 0) is 10.0 Å². The summed E-state index contributed by atoms with van der Waals surface area (Å²) in [5.74, 6) is -1.34. The minimum absolute atomic E-state index is 0.166. The molecule has 0 heterocycles. The van der Waals surface area contributed by atoms with E-state index in [1.807, 2.05) is 0 Å². The number of aliphatic hydroxyl groups excluding tert-OH is 1. The van der Waals surface area contributed by atoms with E-state index >= 15 is 0 Å². The predicted molar refractivity (Wildman–Crippen MR) is 67.2 cm³/mol. The smallest absolute Gasteiger partial charge is 0.337 e. The van der Waals surface area contributed by atoms with Crippen LogP contribution in [-0.4, -0.2) is 36.7 Å². The number of anilines is 1. The molecule has 1 saturated carbocycles. The molecule has 0 bridgehead atoms. The Morgan fingerprint density at radius 3 is 2.53 bits per heavy atom. The Hall–Kier alpha value is -1.64. The number of benzene rings is 1. The van der Waals surface area contributed by atoms with Gasteiger partial charge in [0.2, 0.25) is 10.0 Å². The molecule has 1 aromatic rings. The molecular formula is C11H14N2O5S. The first-order valence-electron chi connectivity index (χ1n) is 5.63. The largest absolute Gasteiger partial charge is 0.478 e. The number of hydrogen-bond donors (Lipinski definition) is 4. The molecule has 19 heavy (non-hydrogen) atoms. The number of carboxylic acids is 1. The van der Waals surface area contributed by atoms with Crippen molar-refractivity contribution >= 4 is 21.7 Å². The normalized spacial score (nSPS) is 22.8. The molecule has 5 N–H and O–H groups in total. The van der Waals surface area contributed by atoms with Gasteiger partial charge in [-0.3, -0.25) is 0 Å². The van der Waals surface area contributed by atoms with Crippen LogP contribution in [0.25, 0.3) is 0 Å². The van der Waals surface area contributed by atoms with E-state index in [0.717, 1.165) is 12.1 Å². The molecule has 0 aromatic heterocycles. The summed E-state index contributed by atoms with van der Waals surface area (Å²) in [6, 6.07) is 3.22. The second-order valence-electron chi connectivity index (χ2n) is 4.50. The third-order valence-corrected chi connectivity index (χ3v) is 4.52. The van der Waals surface area contributed by atoms with Gasteiger partial charge in [-0.1, -0.05) is 0 Å². The van der Waals surface area contributed by atoms with Crippen LogP contribution in [0.2, 0.25) is 0 Å². The molecule has 0 atom stereocenters. The van der Waals surface area contributed by atoms with Crippen molar-refractivity contribution in [2.24, 2.45) is 0 Å². The minimum Gasteiger partial charge on any atom is -0.478 e. The lowest BCUT2D eigenvalue weighted by Gasteiger charge is -2.31. The number of rotatable bonds is 4. The van der Waals surface area contributed by atoms with Crippen LogP contribution in [0.15, 0.2) is 23.1 Å². The van der Waals surface area contributed by atoms with Gasteiger partial charge in [-0.15, -0.1) is 0 Å². The second-order valence-corrected chi connectivity index (χ2v) is 6.19. The van der Waals surface area contributed by atoms with Crippen LogP contribution >= 0.6 is 0 Å². The number of hydrogen-bond acceptors (Lipinski definition) is 5. The first-order chi connectivity index (χ1) is 8.79. The van der Waals surface area contributed by atoms with E-state index in [-0.39, 0.29) is 22.2 Å². The Balaban J connectivity index is 2.33.